The molecule has 0 aliphatic carbocycles. The van der Waals surface area contributed by atoms with E-state index in [0.29, 0.717) is 66.1 Å². The molecular formula is C31H27N3O7. The fourth-order valence-corrected chi connectivity index (χ4v) is 5.64. The molecule has 4 aromatic rings. The number of benzene rings is 2. The predicted molar refractivity (Wildman–Crippen MR) is 148 cm³/mol. The summed E-state index contributed by atoms with van der Waals surface area (Å²) in [6.45, 7) is 0.808. The molecule has 2 aliphatic heterocycles. The first kappa shape index (κ1) is 26.2. The van der Waals surface area contributed by atoms with Crippen molar-refractivity contribution in [1.82, 2.24) is 14.9 Å². The summed E-state index contributed by atoms with van der Waals surface area (Å²) in [6, 6.07) is 14.1. The van der Waals surface area contributed by atoms with Gasteiger partial charge in [0.2, 0.25) is 0 Å². The van der Waals surface area contributed by atoms with Crippen LogP contribution in [-0.4, -0.2) is 70.7 Å². The number of piperidine rings is 1. The van der Waals surface area contributed by atoms with Gasteiger partial charge in [0.05, 0.1) is 25.3 Å². The van der Waals surface area contributed by atoms with Crippen molar-refractivity contribution in [2.24, 2.45) is 0 Å². The molecule has 1 N–H and O–H groups in total. The number of rotatable bonds is 5. The van der Waals surface area contributed by atoms with Crippen LogP contribution in [0.15, 0.2) is 60.9 Å². The number of para-hydroxylation sites is 1. The van der Waals surface area contributed by atoms with E-state index in [4.69, 9.17) is 14.2 Å². The van der Waals surface area contributed by atoms with Crippen molar-refractivity contribution >= 4 is 28.7 Å². The van der Waals surface area contributed by atoms with Crippen LogP contribution in [-0.2, 0) is 11.2 Å². The SMILES string of the molecule is COc1cc(C(=O)N2CCC3(CC2)Cc2ccc(-c4cncc(C(=O)O)c4)cc2C(=O)O3)nc2c(OC)cccc12. The van der Waals surface area contributed by atoms with Gasteiger partial charge < -0.3 is 24.2 Å². The second kappa shape index (κ2) is 10.2. The van der Waals surface area contributed by atoms with Crippen LogP contribution in [0, 0.1) is 0 Å². The quantitative estimate of drug-likeness (QED) is 0.358. The van der Waals surface area contributed by atoms with Crippen molar-refractivity contribution in [3.05, 3.63) is 83.3 Å². The van der Waals surface area contributed by atoms with Crippen LogP contribution in [0.2, 0.25) is 0 Å². The van der Waals surface area contributed by atoms with Gasteiger partial charge in [-0.3, -0.25) is 9.78 Å². The summed E-state index contributed by atoms with van der Waals surface area (Å²) >= 11 is 0. The molecule has 41 heavy (non-hydrogen) atoms. The van der Waals surface area contributed by atoms with Gasteiger partial charge in [-0.15, -0.1) is 0 Å². The zero-order valence-corrected chi connectivity index (χ0v) is 22.5. The molecule has 0 unspecified atom stereocenters. The van der Waals surface area contributed by atoms with E-state index >= 15 is 0 Å². The highest BCUT2D eigenvalue weighted by Gasteiger charge is 2.43. The maximum absolute atomic E-state index is 13.5. The molecule has 2 aliphatic rings. The van der Waals surface area contributed by atoms with Crippen molar-refractivity contribution in [3.63, 3.8) is 0 Å². The molecule has 1 saturated heterocycles. The molecular weight excluding hydrogens is 526 g/mol. The normalized spacial score (nSPS) is 15.8. The number of methoxy groups -OCH3 is 2. The number of carbonyl (C=O) groups is 3. The van der Waals surface area contributed by atoms with Gasteiger partial charge in [-0.25, -0.2) is 14.6 Å². The summed E-state index contributed by atoms with van der Waals surface area (Å²) in [5.74, 6) is -0.638. The number of amides is 1. The highest BCUT2D eigenvalue weighted by Crippen LogP contribution is 2.38. The number of carbonyl (C=O) groups excluding carboxylic acids is 2. The Hall–Kier alpha value is -4.99. The Morgan fingerprint density at radius 1 is 0.976 bits per heavy atom. The minimum atomic E-state index is -1.07. The number of carboxylic acids is 1. The molecule has 1 amide bonds. The van der Waals surface area contributed by atoms with Crippen molar-refractivity contribution in [1.29, 1.82) is 0 Å². The van der Waals surface area contributed by atoms with Crippen molar-refractivity contribution in [2.45, 2.75) is 24.9 Å². The number of aromatic nitrogens is 2. The van der Waals surface area contributed by atoms with E-state index in [1.54, 1.807) is 43.5 Å². The van der Waals surface area contributed by atoms with E-state index < -0.39 is 17.5 Å². The first-order valence-corrected chi connectivity index (χ1v) is 13.2. The third kappa shape index (κ3) is 4.71. The Bertz CT molecular complexity index is 1710. The van der Waals surface area contributed by atoms with Gasteiger partial charge in [-0.05, 0) is 35.4 Å². The number of hydrogen-bond donors (Lipinski definition) is 1. The molecule has 2 aromatic heterocycles. The Morgan fingerprint density at radius 2 is 1.76 bits per heavy atom. The fraction of sp³-hybridized carbons (Fsp3) is 0.258. The van der Waals surface area contributed by atoms with Crippen LogP contribution in [0.4, 0.5) is 0 Å². The lowest BCUT2D eigenvalue weighted by atomic mass is 9.81. The summed E-state index contributed by atoms with van der Waals surface area (Å²) < 4.78 is 17.0. The molecule has 1 fully saturated rings. The van der Waals surface area contributed by atoms with Gasteiger partial charge in [0.25, 0.3) is 5.91 Å². The second-order valence-corrected chi connectivity index (χ2v) is 10.2. The zero-order chi connectivity index (χ0) is 28.7. The van der Waals surface area contributed by atoms with Gasteiger partial charge in [0, 0.05) is 61.8 Å². The smallest absolute Gasteiger partial charge is 0.338 e. The number of aromatic carboxylic acids is 1. The highest BCUT2D eigenvalue weighted by molar-refractivity contribution is 5.99. The Morgan fingerprint density at radius 3 is 2.49 bits per heavy atom. The van der Waals surface area contributed by atoms with E-state index in [0.717, 1.165) is 10.9 Å². The minimum absolute atomic E-state index is 0.0690. The molecule has 0 bridgehead atoms. The van der Waals surface area contributed by atoms with Crippen molar-refractivity contribution in [3.8, 4) is 22.6 Å². The summed E-state index contributed by atoms with van der Waals surface area (Å²) in [5.41, 5.74) is 2.77. The average Bonchev–Trinajstić information content (AvgIpc) is 3.00. The van der Waals surface area contributed by atoms with E-state index in [2.05, 4.69) is 9.97 Å². The maximum Gasteiger partial charge on any atom is 0.338 e. The monoisotopic (exact) mass is 553 g/mol. The number of likely N-dealkylation sites (tertiary alicyclic amines) is 1. The number of hydrogen-bond acceptors (Lipinski definition) is 8. The summed E-state index contributed by atoms with van der Waals surface area (Å²) in [4.78, 5) is 48.3. The molecule has 1 spiro atoms. The fourth-order valence-electron chi connectivity index (χ4n) is 5.64. The minimum Gasteiger partial charge on any atom is -0.496 e. The number of esters is 1. The van der Waals surface area contributed by atoms with Crippen LogP contribution in [0.3, 0.4) is 0 Å². The molecule has 4 heterocycles. The van der Waals surface area contributed by atoms with Crippen LogP contribution >= 0.6 is 0 Å². The Balaban J connectivity index is 1.20. The Labute approximate surface area is 235 Å². The standard InChI is InChI=1S/C31H27N3O7/c1-39-25-5-3-4-22-26(40-2)14-24(33-27(22)25)28(35)34-10-8-31(9-11-34)15-19-7-6-18(13-23(19)30(38)41-31)20-12-21(29(36)37)17-32-16-20/h3-7,12-14,16-17H,8-11,15H2,1-2H3,(H,36,37). The van der Waals surface area contributed by atoms with Crippen LogP contribution < -0.4 is 9.47 Å². The van der Waals surface area contributed by atoms with Crippen LogP contribution in [0.25, 0.3) is 22.0 Å². The second-order valence-electron chi connectivity index (χ2n) is 10.2. The molecule has 10 nitrogen and oxygen atoms in total. The van der Waals surface area contributed by atoms with E-state index in [9.17, 15) is 19.5 Å². The Kier molecular flexibility index (Phi) is 6.53. The number of nitrogens with zero attached hydrogens (tertiary/aromatic N) is 3. The molecule has 0 saturated carbocycles. The first-order chi connectivity index (χ1) is 19.8. The largest absolute Gasteiger partial charge is 0.496 e. The van der Waals surface area contributed by atoms with Crippen LogP contribution in [0.5, 0.6) is 11.5 Å². The van der Waals surface area contributed by atoms with Gasteiger partial charge in [0.1, 0.15) is 28.3 Å². The molecule has 0 atom stereocenters. The zero-order valence-electron chi connectivity index (χ0n) is 22.5. The van der Waals surface area contributed by atoms with Gasteiger partial charge in [0.15, 0.2) is 0 Å². The molecule has 208 valence electrons. The lowest BCUT2D eigenvalue weighted by Gasteiger charge is -2.43. The van der Waals surface area contributed by atoms with Crippen LogP contribution in [0.1, 0.15) is 49.6 Å². The average molecular weight is 554 g/mol. The lowest BCUT2D eigenvalue weighted by Crippen LogP contribution is -2.52. The highest BCUT2D eigenvalue weighted by atomic mass is 16.6. The number of fused-ring (bicyclic) bond motifs is 2. The summed E-state index contributed by atoms with van der Waals surface area (Å²) in [7, 11) is 3.11. The van der Waals surface area contributed by atoms with Gasteiger partial charge in [-0.1, -0.05) is 18.2 Å². The third-order valence-electron chi connectivity index (χ3n) is 7.86. The van der Waals surface area contributed by atoms with E-state index in [1.807, 2.05) is 24.3 Å². The first-order valence-electron chi connectivity index (χ1n) is 13.2. The van der Waals surface area contributed by atoms with Gasteiger partial charge >= 0.3 is 11.9 Å². The van der Waals surface area contributed by atoms with E-state index in [1.165, 1.54) is 12.3 Å². The van der Waals surface area contributed by atoms with E-state index in [-0.39, 0.29) is 17.2 Å². The van der Waals surface area contributed by atoms with Gasteiger partial charge in [-0.2, -0.15) is 0 Å². The molecule has 6 rings (SSSR count). The third-order valence-corrected chi connectivity index (χ3v) is 7.86. The van der Waals surface area contributed by atoms with Crippen molar-refractivity contribution < 1.29 is 33.7 Å². The number of ether oxygens (including phenoxy) is 3. The number of pyridine rings is 2. The molecule has 10 heteroatoms. The molecule has 2 aromatic carbocycles. The molecule has 0 radical (unpaired) electrons. The topological polar surface area (TPSA) is 128 Å². The summed E-state index contributed by atoms with van der Waals surface area (Å²) in [5, 5.41) is 10.0. The summed E-state index contributed by atoms with van der Waals surface area (Å²) in [6.07, 6.45) is 4.35. The predicted octanol–water partition coefficient (Wildman–Crippen LogP) is 4.40. The lowest BCUT2D eigenvalue weighted by molar-refractivity contribution is -0.0527. The van der Waals surface area contributed by atoms with Crippen molar-refractivity contribution in [2.75, 3.05) is 27.3 Å². The maximum atomic E-state index is 13.5. The number of carboxylic acid groups (broad SMARTS) is 1.